The zero-order valence-corrected chi connectivity index (χ0v) is 24.4. The van der Waals surface area contributed by atoms with E-state index >= 15 is 0 Å². The van der Waals surface area contributed by atoms with Crippen LogP contribution in [0.4, 0.5) is 0 Å². The van der Waals surface area contributed by atoms with Gasteiger partial charge in [-0.3, -0.25) is 4.18 Å². The zero-order valence-electron chi connectivity index (χ0n) is 22.6. The van der Waals surface area contributed by atoms with Crippen LogP contribution in [0.5, 0.6) is 11.5 Å². The minimum absolute atomic E-state index is 0. The second-order valence-electron chi connectivity index (χ2n) is 9.03. The summed E-state index contributed by atoms with van der Waals surface area (Å²) in [5.41, 5.74) is 0.577. The van der Waals surface area contributed by atoms with E-state index in [-0.39, 0.29) is 59.9 Å². The number of benzene rings is 1. The Hall–Kier alpha value is -0.270. The fourth-order valence-electron chi connectivity index (χ4n) is 4.19. The Morgan fingerprint density at radius 1 is 0.788 bits per heavy atom. The summed E-state index contributed by atoms with van der Waals surface area (Å²) in [6, 6.07) is 2.45. The Labute approximate surface area is 226 Å². The topological polar surface area (TPSA) is 83.8 Å². The molecule has 1 atom stereocenters. The molecule has 0 amide bonds. The van der Waals surface area contributed by atoms with Gasteiger partial charge in [0.15, 0.2) is 0 Å². The van der Waals surface area contributed by atoms with Gasteiger partial charge in [0.05, 0.1) is 6.61 Å². The van der Waals surface area contributed by atoms with Crippen LogP contribution in [0, 0.1) is 0 Å². The third-order valence-electron chi connectivity index (χ3n) is 6.17. The van der Waals surface area contributed by atoms with Gasteiger partial charge in [0.1, 0.15) is 16.4 Å². The molecule has 188 valence electrons. The van der Waals surface area contributed by atoms with Crippen molar-refractivity contribution in [2.24, 2.45) is 0 Å². The molecule has 5 nitrogen and oxygen atoms in total. The molecule has 0 radical (unpaired) electrons. The van der Waals surface area contributed by atoms with Crippen LogP contribution in [-0.2, 0) is 14.3 Å². The molecule has 7 heteroatoms. The van der Waals surface area contributed by atoms with Crippen LogP contribution >= 0.6 is 0 Å². The second kappa shape index (κ2) is 19.0. The van der Waals surface area contributed by atoms with E-state index in [4.69, 9.17) is 4.18 Å². The molecule has 2 N–H and O–H groups in total. The molecule has 0 spiro atoms. The first-order chi connectivity index (χ1) is 15.3. The van der Waals surface area contributed by atoms with E-state index in [0.717, 1.165) is 25.3 Å². The summed E-state index contributed by atoms with van der Waals surface area (Å²) in [6.07, 6.45) is 19.3. The number of rotatable bonds is 19. The summed E-state index contributed by atoms with van der Waals surface area (Å²) >= 11 is 0. The number of hydrogen-bond acceptors (Lipinski definition) is 5. The maximum absolute atomic E-state index is 12.0. The molecule has 0 saturated carbocycles. The van der Waals surface area contributed by atoms with Gasteiger partial charge in [0.25, 0.3) is 0 Å². The number of phenolic OH excluding ortho intramolecular Hbond substituents is 2. The molecule has 0 saturated heterocycles. The van der Waals surface area contributed by atoms with Crippen molar-refractivity contribution < 1.29 is 53.8 Å². The Balaban J connectivity index is 0. The normalized spacial score (nSPS) is 12.5. The van der Waals surface area contributed by atoms with Crippen molar-refractivity contribution in [3.05, 3.63) is 17.7 Å². The van der Waals surface area contributed by atoms with Gasteiger partial charge in [0.2, 0.25) is 0 Å². The van der Waals surface area contributed by atoms with Crippen molar-refractivity contribution in [3.8, 4) is 11.5 Å². The smallest absolute Gasteiger partial charge is 1.00 e. The minimum Gasteiger partial charge on any atom is -1.00 e. The van der Waals surface area contributed by atoms with Gasteiger partial charge >= 0.3 is 39.7 Å². The average molecular weight is 495 g/mol. The van der Waals surface area contributed by atoms with E-state index in [1.54, 1.807) is 6.92 Å². The molecule has 1 rings (SSSR count). The predicted molar refractivity (Wildman–Crippen MR) is 133 cm³/mol. The molecule has 0 aliphatic heterocycles. The van der Waals surface area contributed by atoms with Gasteiger partial charge in [-0.2, -0.15) is 8.42 Å². The summed E-state index contributed by atoms with van der Waals surface area (Å²) in [6.45, 7) is 5.78. The first kappa shape index (κ1) is 32.7. The van der Waals surface area contributed by atoms with Crippen LogP contribution in [0.15, 0.2) is 17.0 Å². The van der Waals surface area contributed by atoms with Crippen LogP contribution in [-0.4, -0.2) is 25.2 Å². The predicted octanol–water partition coefficient (Wildman–Crippen LogP) is 4.91. The van der Waals surface area contributed by atoms with E-state index in [2.05, 4.69) is 6.92 Å². The molecule has 0 bridgehead atoms. The zero-order chi connectivity index (χ0) is 23.8. The van der Waals surface area contributed by atoms with E-state index in [0.29, 0.717) is 5.56 Å². The van der Waals surface area contributed by atoms with E-state index in [9.17, 15) is 18.6 Å². The van der Waals surface area contributed by atoms with Crippen LogP contribution in [0.25, 0.3) is 0 Å². The molecule has 33 heavy (non-hydrogen) atoms. The van der Waals surface area contributed by atoms with Gasteiger partial charge in [-0.1, -0.05) is 104 Å². The van der Waals surface area contributed by atoms with E-state index in [1.807, 2.05) is 6.92 Å². The Kier molecular flexibility index (Phi) is 18.8. The SMILES string of the molecule is CCCCCCCCCCCCCCCCC(C)c1cc(O)c(S(=O)(=O)OCC)cc1O.[H-].[Na+]. The standard InChI is InChI=1S/C26H46O5S.Na.H/c1-4-6-7-8-9-10-11-12-13-14-15-16-17-18-19-22(3)23-20-25(28)26(21-24(23)27)32(29,30)31-5-2;;/h20-22,27-28H,4-19H2,1-3H3;;/q;+1;-1. The molecular formula is C26H47NaO5S. The maximum Gasteiger partial charge on any atom is 1.00 e. The van der Waals surface area contributed by atoms with Crippen molar-refractivity contribution in [2.75, 3.05) is 6.61 Å². The average Bonchev–Trinajstić information content (AvgIpc) is 2.75. The number of hydrogen-bond donors (Lipinski definition) is 2. The molecule has 0 aliphatic rings. The van der Waals surface area contributed by atoms with Gasteiger partial charge in [-0.15, -0.1) is 0 Å². The van der Waals surface area contributed by atoms with Gasteiger partial charge in [0, 0.05) is 11.6 Å². The summed E-state index contributed by atoms with van der Waals surface area (Å²) < 4.78 is 28.7. The maximum atomic E-state index is 12.0. The summed E-state index contributed by atoms with van der Waals surface area (Å²) in [5.74, 6) is -0.444. The number of phenols is 2. The molecule has 1 unspecified atom stereocenters. The largest absolute Gasteiger partial charge is 1.00 e. The number of aromatic hydroxyl groups is 2. The molecular weight excluding hydrogens is 447 g/mol. The molecule has 0 aliphatic carbocycles. The quantitative estimate of drug-likeness (QED) is 0.124. The Morgan fingerprint density at radius 2 is 1.24 bits per heavy atom. The third-order valence-corrected chi connectivity index (χ3v) is 7.58. The van der Waals surface area contributed by atoms with Crippen LogP contribution in [0.3, 0.4) is 0 Å². The molecule has 1 aromatic carbocycles. The Morgan fingerprint density at radius 3 is 1.70 bits per heavy atom. The minimum atomic E-state index is -4.06. The number of unbranched alkanes of at least 4 members (excludes halogenated alkanes) is 13. The fourth-order valence-corrected chi connectivity index (χ4v) is 5.20. The van der Waals surface area contributed by atoms with Crippen LogP contribution in [0.2, 0.25) is 0 Å². The van der Waals surface area contributed by atoms with Crippen LogP contribution < -0.4 is 29.6 Å². The molecule has 0 aromatic heterocycles. The summed E-state index contributed by atoms with van der Waals surface area (Å²) in [4.78, 5) is -0.385. The first-order valence-corrected chi connectivity index (χ1v) is 14.2. The van der Waals surface area contributed by atoms with Gasteiger partial charge < -0.3 is 11.6 Å². The monoisotopic (exact) mass is 494 g/mol. The summed E-state index contributed by atoms with van der Waals surface area (Å²) in [5, 5.41) is 20.5. The summed E-state index contributed by atoms with van der Waals surface area (Å²) in [7, 11) is -4.06. The van der Waals surface area contributed by atoms with Crippen molar-refractivity contribution in [2.45, 2.75) is 128 Å². The Bertz CT molecular complexity index is 743. The van der Waals surface area contributed by atoms with Crippen molar-refractivity contribution in [1.29, 1.82) is 0 Å². The van der Waals surface area contributed by atoms with Crippen LogP contribution in [0.1, 0.15) is 130 Å². The second-order valence-corrected chi connectivity index (χ2v) is 10.6. The molecule has 1 aromatic rings. The van der Waals surface area contributed by atoms with Gasteiger partial charge in [-0.25, -0.2) is 0 Å². The molecule has 0 fully saturated rings. The fraction of sp³-hybridized carbons (Fsp3) is 0.769. The van der Waals surface area contributed by atoms with Gasteiger partial charge in [-0.05, 0) is 25.3 Å². The molecule has 0 heterocycles. The van der Waals surface area contributed by atoms with Crippen molar-refractivity contribution >= 4 is 10.1 Å². The van der Waals surface area contributed by atoms with Crippen molar-refractivity contribution in [1.82, 2.24) is 0 Å². The van der Waals surface area contributed by atoms with E-state index < -0.39 is 10.1 Å². The third kappa shape index (κ3) is 13.4. The first-order valence-electron chi connectivity index (χ1n) is 12.8. The van der Waals surface area contributed by atoms with E-state index in [1.165, 1.54) is 83.1 Å². The van der Waals surface area contributed by atoms with Crippen molar-refractivity contribution in [3.63, 3.8) is 0 Å².